The van der Waals surface area contributed by atoms with E-state index in [4.69, 9.17) is 5.73 Å². The van der Waals surface area contributed by atoms with Crippen molar-refractivity contribution in [2.24, 2.45) is 5.73 Å². The van der Waals surface area contributed by atoms with Crippen LogP contribution in [0, 0.1) is 0 Å². The van der Waals surface area contributed by atoms with Crippen LogP contribution in [-0.2, 0) is 6.54 Å². The Kier molecular flexibility index (Phi) is 8.77. The maximum absolute atomic E-state index is 5.56. The molecule has 4 aromatic rings. The van der Waals surface area contributed by atoms with Gasteiger partial charge in [-0.1, -0.05) is 54.1 Å². The zero-order valence-corrected chi connectivity index (χ0v) is 21.8. The Labute approximate surface area is 225 Å². The summed E-state index contributed by atoms with van der Waals surface area (Å²) in [4.78, 5) is 11.6. The van der Waals surface area contributed by atoms with Crippen LogP contribution in [0.1, 0.15) is 30.4 Å². The van der Waals surface area contributed by atoms with Crippen molar-refractivity contribution in [1.29, 1.82) is 0 Å². The van der Waals surface area contributed by atoms with E-state index in [1.165, 1.54) is 16.7 Å². The number of nitrogens with one attached hydrogen (secondary N) is 2. The maximum atomic E-state index is 5.56. The van der Waals surface area contributed by atoms with Crippen molar-refractivity contribution in [3.63, 3.8) is 0 Å². The van der Waals surface area contributed by atoms with Gasteiger partial charge in [0.1, 0.15) is 11.6 Å². The molecule has 1 fully saturated rings. The molecule has 1 aliphatic heterocycles. The molecule has 0 aliphatic carbocycles. The average molecular weight is 505 g/mol. The van der Waals surface area contributed by atoms with E-state index in [0.29, 0.717) is 6.54 Å². The highest BCUT2D eigenvalue weighted by atomic mass is 15.1. The molecular formula is C32H36N6. The predicted molar refractivity (Wildman–Crippen MR) is 158 cm³/mol. The highest BCUT2D eigenvalue weighted by Crippen LogP contribution is 2.25. The fraction of sp³-hybridized carbons (Fsp3) is 0.250. The third kappa shape index (κ3) is 7.28. The molecule has 1 saturated heterocycles. The summed E-state index contributed by atoms with van der Waals surface area (Å²) in [5, 5.41) is 6.77. The lowest BCUT2D eigenvalue weighted by molar-refractivity contribution is 0.249. The Morgan fingerprint density at radius 2 is 1.71 bits per heavy atom. The van der Waals surface area contributed by atoms with Crippen molar-refractivity contribution in [1.82, 2.24) is 14.9 Å². The first-order chi connectivity index (χ1) is 18.7. The lowest BCUT2D eigenvalue weighted by Gasteiger charge is -2.28. The van der Waals surface area contributed by atoms with Crippen LogP contribution < -0.4 is 16.4 Å². The number of hydrogen-bond acceptors (Lipinski definition) is 6. The molecule has 1 aliphatic rings. The zero-order valence-electron chi connectivity index (χ0n) is 21.8. The minimum absolute atomic E-state index is 0.673. The number of nitrogens with two attached hydrogens (primary N) is 1. The Morgan fingerprint density at radius 1 is 0.842 bits per heavy atom. The van der Waals surface area contributed by atoms with Gasteiger partial charge in [0, 0.05) is 49.8 Å². The lowest BCUT2D eigenvalue weighted by atomic mass is 10.00. The first kappa shape index (κ1) is 25.6. The SMILES string of the molecule is NCCCNc1ccc(-c2ccnc(Nc3cccc(C=C4CCN(Cc5ccccc5)CC4)c3)c2)cn1. The molecule has 0 radical (unpaired) electrons. The van der Waals surface area contributed by atoms with Crippen molar-refractivity contribution in [2.45, 2.75) is 25.8 Å². The van der Waals surface area contributed by atoms with Gasteiger partial charge in [0.2, 0.25) is 0 Å². The van der Waals surface area contributed by atoms with E-state index in [1.54, 1.807) is 0 Å². The van der Waals surface area contributed by atoms with Gasteiger partial charge in [-0.3, -0.25) is 4.90 Å². The maximum Gasteiger partial charge on any atom is 0.130 e. The molecule has 4 N–H and O–H groups in total. The van der Waals surface area contributed by atoms with E-state index in [0.717, 1.165) is 73.9 Å². The monoisotopic (exact) mass is 504 g/mol. The van der Waals surface area contributed by atoms with E-state index in [2.05, 4.69) is 98.3 Å². The van der Waals surface area contributed by atoms with E-state index >= 15 is 0 Å². The van der Waals surface area contributed by atoms with Crippen LogP contribution in [0.5, 0.6) is 0 Å². The second-order valence-corrected chi connectivity index (χ2v) is 9.75. The van der Waals surface area contributed by atoms with Gasteiger partial charge in [-0.15, -0.1) is 0 Å². The van der Waals surface area contributed by atoms with Crippen LogP contribution in [-0.4, -0.2) is 41.0 Å². The van der Waals surface area contributed by atoms with Crippen molar-refractivity contribution in [2.75, 3.05) is 36.8 Å². The summed E-state index contributed by atoms with van der Waals surface area (Å²) in [6.45, 7) is 4.75. The largest absolute Gasteiger partial charge is 0.370 e. The summed E-state index contributed by atoms with van der Waals surface area (Å²) in [6, 6.07) is 27.5. The number of rotatable bonds is 10. The number of anilines is 3. The Balaban J connectivity index is 1.19. The Morgan fingerprint density at radius 3 is 2.50 bits per heavy atom. The number of likely N-dealkylation sites (tertiary alicyclic amines) is 1. The third-order valence-electron chi connectivity index (χ3n) is 6.82. The summed E-state index contributed by atoms with van der Waals surface area (Å²) in [5.41, 5.74) is 12.8. The quantitative estimate of drug-likeness (QED) is 0.219. The van der Waals surface area contributed by atoms with Gasteiger partial charge in [-0.2, -0.15) is 0 Å². The molecule has 2 aromatic carbocycles. The van der Waals surface area contributed by atoms with E-state index in [1.807, 2.05) is 24.5 Å². The molecule has 0 atom stereocenters. The molecule has 6 heteroatoms. The molecular weight excluding hydrogens is 468 g/mol. The minimum Gasteiger partial charge on any atom is -0.370 e. The summed E-state index contributed by atoms with van der Waals surface area (Å²) >= 11 is 0. The first-order valence-electron chi connectivity index (χ1n) is 13.4. The lowest BCUT2D eigenvalue weighted by Crippen LogP contribution is -2.30. The minimum atomic E-state index is 0.673. The number of aromatic nitrogens is 2. The number of hydrogen-bond donors (Lipinski definition) is 3. The van der Waals surface area contributed by atoms with Crippen LogP contribution in [0.15, 0.2) is 96.8 Å². The summed E-state index contributed by atoms with van der Waals surface area (Å²) in [7, 11) is 0. The Bertz CT molecular complexity index is 1320. The molecule has 0 unspecified atom stereocenters. The predicted octanol–water partition coefficient (Wildman–Crippen LogP) is 6.33. The highest BCUT2D eigenvalue weighted by molar-refractivity contribution is 5.69. The molecule has 0 bridgehead atoms. The van der Waals surface area contributed by atoms with E-state index < -0.39 is 0 Å². The third-order valence-corrected chi connectivity index (χ3v) is 6.82. The average Bonchev–Trinajstić information content (AvgIpc) is 2.96. The topological polar surface area (TPSA) is 79.1 Å². The van der Waals surface area contributed by atoms with Gasteiger partial charge in [0.15, 0.2) is 0 Å². The van der Waals surface area contributed by atoms with Crippen LogP contribution in [0.2, 0.25) is 0 Å². The smallest absolute Gasteiger partial charge is 0.130 e. The van der Waals surface area contributed by atoms with Crippen molar-refractivity contribution < 1.29 is 0 Å². The van der Waals surface area contributed by atoms with Gasteiger partial charge in [-0.05, 0) is 78.9 Å². The van der Waals surface area contributed by atoms with Gasteiger partial charge in [-0.25, -0.2) is 9.97 Å². The number of pyridine rings is 2. The van der Waals surface area contributed by atoms with E-state index in [9.17, 15) is 0 Å². The number of benzene rings is 2. The molecule has 5 rings (SSSR count). The first-order valence-corrected chi connectivity index (χ1v) is 13.4. The molecule has 194 valence electrons. The second kappa shape index (κ2) is 13.0. The highest BCUT2D eigenvalue weighted by Gasteiger charge is 2.14. The van der Waals surface area contributed by atoms with E-state index in [-0.39, 0.29) is 0 Å². The molecule has 3 heterocycles. The van der Waals surface area contributed by atoms with Crippen molar-refractivity contribution in [3.05, 3.63) is 108 Å². The van der Waals surface area contributed by atoms with Crippen LogP contribution in [0.4, 0.5) is 17.3 Å². The summed E-state index contributed by atoms with van der Waals surface area (Å²) in [6.07, 6.45) is 9.23. The number of piperidine rings is 1. The molecule has 0 spiro atoms. The van der Waals surface area contributed by atoms with Crippen molar-refractivity contribution in [3.8, 4) is 11.1 Å². The molecule has 38 heavy (non-hydrogen) atoms. The molecule has 0 saturated carbocycles. The standard InChI is InChI=1S/C32H36N6/c33-15-5-16-34-31-11-10-29(23-36-31)28-12-17-35-32(22-28)37-30-9-4-8-27(21-30)20-25-13-18-38(19-14-25)24-26-6-2-1-3-7-26/h1-4,6-12,17,20-23H,5,13-16,18-19,24,33H2,(H,34,36)(H,35,37). The van der Waals surface area contributed by atoms with Gasteiger partial charge in [0.25, 0.3) is 0 Å². The number of nitrogens with zero attached hydrogens (tertiary/aromatic N) is 3. The second-order valence-electron chi connectivity index (χ2n) is 9.75. The van der Waals surface area contributed by atoms with Gasteiger partial charge >= 0.3 is 0 Å². The fourth-order valence-electron chi connectivity index (χ4n) is 4.74. The van der Waals surface area contributed by atoms with Crippen LogP contribution >= 0.6 is 0 Å². The Hall–Kier alpha value is -4.00. The summed E-state index contributed by atoms with van der Waals surface area (Å²) < 4.78 is 0. The molecule has 2 aromatic heterocycles. The van der Waals surface area contributed by atoms with Crippen molar-refractivity contribution >= 4 is 23.4 Å². The van der Waals surface area contributed by atoms with Crippen LogP contribution in [0.25, 0.3) is 17.2 Å². The molecule has 0 amide bonds. The summed E-state index contributed by atoms with van der Waals surface area (Å²) in [5.74, 6) is 1.68. The molecule has 6 nitrogen and oxygen atoms in total. The van der Waals surface area contributed by atoms with Crippen LogP contribution in [0.3, 0.4) is 0 Å². The fourth-order valence-corrected chi connectivity index (χ4v) is 4.74. The van der Waals surface area contributed by atoms with Gasteiger partial charge < -0.3 is 16.4 Å². The normalized spacial score (nSPS) is 13.8. The zero-order chi connectivity index (χ0) is 26.0. The van der Waals surface area contributed by atoms with Gasteiger partial charge in [0.05, 0.1) is 0 Å².